The summed E-state index contributed by atoms with van der Waals surface area (Å²) >= 11 is 0. The van der Waals surface area contributed by atoms with Crippen molar-refractivity contribution in [1.82, 2.24) is 9.80 Å². The predicted molar refractivity (Wildman–Crippen MR) is 57.3 cm³/mol. The highest BCUT2D eigenvalue weighted by Crippen LogP contribution is 2.27. The molecule has 1 rings (SSSR count). The first-order valence-corrected chi connectivity index (χ1v) is 5.62. The molecule has 1 aliphatic heterocycles. The van der Waals surface area contributed by atoms with Crippen molar-refractivity contribution in [2.24, 2.45) is 5.73 Å². The SMILES string of the molecule is CC(=O)N1CCN(C(CCN)C(F)(F)F)CC1. The maximum atomic E-state index is 12.8. The van der Waals surface area contributed by atoms with Gasteiger partial charge in [0.25, 0.3) is 0 Å². The summed E-state index contributed by atoms with van der Waals surface area (Å²) in [5.74, 6) is -0.0907. The Kier molecular flexibility index (Phi) is 4.76. The average Bonchev–Trinajstić information content (AvgIpc) is 2.24. The smallest absolute Gasteiger partial charge is 0.340 e. The van der Waals surface area contributed by atoms with Crippen molar-refractivity contribution in [2.75, 3.05) is 32.7 Å². The molecule has 1 saturated heterocycles. The number of nitrogens with zero attached hydrogens (tertiary/aromatic N) is 2. The maximum absolute atomic E-state index is 12.8. The first kappa shape index (κ1) is 14.2. The number of rotatable bonds is 3. The molecule has 4 nitrogen and oxygen atoms in total. The standard InChI is InChI=1S/C10H18F3N3O/c1-8(17)15-4-6-16(7-5-15)9(2-3-14)10(11,12)13/h9H,2-7,14H2,1H3. The number of piperazine rings is 1. The molecule has 0 spiro atoms. The van der Waals surface area contributed by atoms with Gasteiger partial charge in [-0.2, -0.15) is 13.2 Å². The lowest BCUT2D eigenvalue weighted by Gasteiger charge is -2.39. The second-order valence-corrected chi connectivity index (χ2v) is 4.18. The van der Waals surface area contributed by atoms with Crippen LogP contribution in [0.15, 0.2) is 0 Å². The molecule has 1 aliphatic rings. The maximum Gasteiger partial charge on any atom is 0.404 e. The van der Waals surface area contributed by atoms with Gasteiger partial charge in [-0.1, -0.05) is 0 Å². The summed E-state index contributed by atoms with van der Waals surface area (Å²) in [5, 5.41) is 0. The quantitative estimate of drug-likeness (QED) is 0.793. The Labute approximate surface area is 98.5 Å². The lowest BCUT2D eigenvalue weighted by Crippen LogP contribution is -2.55. The van der Waals surface area contributed by atoms with Crippen LogP contribution < -0.4 is 5.73 Å². The van der Waals surface area contributed by atoms with Crippen molar-refractivity contribution in [3.8, 4) is 0 Å². The molecule has 0 aromatic rings. The van der Waals surface area contributed by atoms with Crippen LogP contribution in [0.4, 0.5) is 13.2 Å². The Morgan fingerprint density at radius 1 is 1.29 bits per heavy atom. The molecule has 1 amide bonds. The van der Waals surface area contributed by atoms with Gasteiger partial charge in [0.05, 0.1) is 0 Å². The van der Waals surface area contributed by atoms with E-state index in [1.807, 2.05) is 0 Å². The molecule has 1 fully saturated rings. The van der Waals surface area contributed by atoms with Crippen LogP contribution in [0.5, 0.6) is 0 Å². The van der Waals surface area contributed by atoms with Crippen molar-refractivity contribution in [3.05, 3.63) is 0 Å². The van der Waals surface area contributed by atoms with Crippen molar-refractivity contribution in [3.63, 3.8) is 0 Å². The lowest BCUT2D eigenvalue weighted by atomic mass is 10.1. The van der Waals surface area contributed by atoms with Crippen LogP contribution in [0.1, 0.15) is 13.3 Å². The monoisotopic (exact) mass is 253 g/mol. The van der Waals surface area contributed by atoms with E-state index in [9.17, 15) is 18.0 Å². The molecule has 2 N–H and O–H groups in total. The molecule has 1 heterocycles. The van der Waals surface area contributed by atoms with Gasteiger partial charge in [-0.15, -0.1) is 0 Å². The molecule has 1 atom stereocenters. The van der Waals surface area contributed by atoms with Crippen LogP contribution in [-0.2, 0) is 4.79 Å². The van der Waals surface area contributed by atoms with Gasteiger partial charge in [0.15, 0.2) is 0 Å². The Bertz CT molecular complexity index is 262. The molecule has 0 bridgehead atoms. The van der Waals surface area contributed by atoms with E-state index >= 15 is 0 Å². The minimum atomic E-state index is -4.25. The normalized spacial score (nSPS) is 20.4. The third-order valence-corrected chi connectivity index (χ3v) is 3.02. The van der Waals surface area contributed by atoms with Crippen LogP contribution in [0.3, 0.4) is 0 Å². The van der Waals surface area contributed by atoms with Gasteiger partial charge in [-0.3, -0.25) is 9.69 Å². The van der Waals surface area contributed by atoms with Gasteiger partial charge >= 0.3 is 6.18 Å². The fraction of sp³-hybridized carbons (Fsp3) is 0.900. The van der Waals surface area contributed by atoms with Crippen molar-refractivity contribution in [1.29, 1.82) is 0 Å². The molecule has 100 valence electrons. The molecule has 0 aliphatic carbocycles. The number of carbonyl (C=O) groups is 1. The first-order valence-electron chi connectivity index (χ1n) is 5.62. The molecule has 17 heavy (non-hydrogen) atoms. The molecule has 1 unspecified atom stereocenters. The van der Waals surface area contributed by atoms with Gasteiger partial charge in [-0.05, 0) is 13.0 Å². The molecule has 7 heteroatoms. The van der Waals surface area contributed by atoms with Gasteiger partial charge in [-0.25, -0.2) is 0 Å². The molecule has 0 aromatic heterocycles. The summed E-state index contributed by atoms with van der Waals surface area (Å²) in [6, 6.07) is -1.48. The zero-order valence-corrected chi connectivity index (χ0v) is 9.83. The minimum Gasteiger partial charge on any atom is -0.340 e. The number of hydrogen-bond donors (Lipinski definition) is 1. The largest absolute Gasteiger partial charge is 0.404 e. The molecular formula is C10H18F3N3O. The summed E-state index contributed by atoms with van der Waals surface area (Å²) in [6.07, 6.45) is -4.35. The van der Waals surface area contributed by atoms with E-state index < -0.39 is 12.2 Å². The van der Waals surface area contributed by atoms with Crippen LogP contribution in [-0.4, -0.2) is 60.6 Å². The fourth-order valence-corrected chi connectivity index (χ4v) is 2.06. The number of carbonyl (C=O) groups excluding carboxylic acids is 1. The van der Waals surface area contributed by atoms with E-state index in [1.165, 1.54) is 11.8 Å². The van der Waals surface area contributed by atoms with Gasteiger partial charge in [0.1, 0.15) is 6.04 Å². The fourth-order valence-electron chi connectivity index (χ4n) is 2.06. The van der Waals surface area contributed by atoms with E-state index in [0.717, 1.165) is 0 Å². The number of alkyl halides is 3. The van der Waals surface area contributed by atoms with Gasteiger partial charge in [0, 0.05) is 33.1 Å². The number of halogens is 3. The van der Waals surface area contributed by atoms with Crippen molar-refractivity contribution >= 4 is 5.91 Å². The van der Waals surface area contributed by atoms with E-state index in [1.54, 1.807) is 4.90 Å². The Hall–Kier alpha value is -0.820. The summed E-state index contributed by atoms with van der Waals surface area (Å²) in [6.45, 7) is 2.65. The van der Waals surface area contributed by atoms with Crippen LogP contribution in [0, 0.1) is 0 Å². The van der Waals surface area contributed by atoms with Gasteiger partial charge < -0.3 is 10.6 Å². The molecule has 0 aromatic carbocycles. The number of hydrogen-bond acceptors (Lipinski definition) is 3. The number of amides is 1. The Morgan fingerprint density at radius 2 is 1.82 bits per heavy atom. The highest BCUT2D eigenvalue weighted by molar-refractivity contribution is 5.73. The van der Waals surface area contributed by atoms with E-state index in [2.05, 4.69) is 0 Å². The molecular weight excluding hydrogens is 235 g/mol. The molecule has 0 radical (unpaired) electrons. The van der Waals surface area contributed by atoms with E-state index in [4.69, 9.17) is 5.73 Å². The third kappa shape index (κ3) is 3.85. The first-order chi connectivity index (χ1) is 7.86. The van der Waals surface area contributed by atoms with Crippen molar-refractivity contribution < 1.29 is 18.0 Å². The summed E-state index contributed by atoms with van der Waals surface area (Å²) in [5.41, 5.74) is 5.22. The van der Waals surface area contributed by atoms with E-state index in [0.29, 0.717) is 13.1 Å². The highest BCUT2D eigenvalue weighted by atomic mass is 19.4. The predicted octanol–water partition coefficient (Wildman–Crippen LogP) is 0.430. The van der Waals surface area contributed by atoms with Crippen LogP contribution in [0.2, 0.25) is 0 Å². The molecule has 0 saturated carbocycles. The Balaban J connectivity index is 2.58. The summed E-state index contributed by atoms with van der Waals surface area (Å²) < 4.78 is 38.3. The highest BCUT2D eigenvalue weighted by Gasteiger charge is 2.43. The summed E-state index contributed by atoms with van der Waals surface area (Å²) in [4.78, 5) is 14.0. The summed E-state index contributed by atoms with van der Waals surface area (Å²) in [7, 11) is 0. The number of nitrogens with two attached hydrogens (primary N) is 1. The van der Waals surface area contributed by atoms with Crippen LogP contribution in [0.25, 0.3) is 0 Å². The third-order valence-electron chi connectivity index (χ3n) is 3.02. The topological polar surface area (TPSA) is 49.6 Å². The average molecular weight is 253 g/mol. The van der Waals surface area contributed by atoms with E-state index in [-0.39, 0.29) is 32.0 Å². The lowest BCUT2D eigenvalue weighted by molar-refractivity contribution is -0.189. The zero-order valence-electron chi connectivity index (χ0n) is 9.83. The second kappa shape index (κ2) is 5.68. The second-order valence-electron chi connectivity index (χ2n) is 4.18. The zero-order chi connectivity index (χ0) is 13.1. The van der Waals surface area contributed by atoms with Crippen molar-refractivity contribution in [2.45, 2.75) is 25.6 Å². The Morgan fingerprint density at radius 3 is 2.18 bits per heavy atom. The van der Waals surface area contributed by atoms with Crippen LogP contribution >= 0.6 is 0 Å². The van der Waals surface area contributed by atoms with Gasteiger partial charge in [0.2, 0.25) is 5.91 Å². The minimum absolute atomic E-state index is 0.0110.